The molecule has 1 aromatic heterocycles. The Morgan fingerprint density at radius 3 is 2.77 bits per heavy atom. The van der Waals surface area contributed by atoms with Crippen LogP contribution >= 0.6 is 0 Å². The number of benzene rings is 1. The predicted molar refractivity (Wildman–Crippen MR) is 83.6 cm³/mol. The van der Waals surface area contributed by atoms with Crippen molar-refractivity contribution in [1.82, 2.24) is 19.9 Å². The summed E-state index contributed by atoms with van der Waals surface area (Å²) in [6, 6.07) is 7.53. The molecule has 22 heavy (non-hydrogen) atoms. The van der Waals surface area contributed by atoms with Gasteiger partial charge in [-0.1, -0.05) is 19.1 Å². The minimum atomic E-state index is 0.00917. The molecule has 0 spiro atoms. The summed E-state index contributed by atoms with van der Waals surface area (Å²) in [4.78, 5) is 16.4. The summed E-state index contributed by atoms with van der Waals surface area (Å²) >= 11 is 0. The van der Waals surface area contributed by atoms with Gasteiger partial charge in [-0.2, -0.15) is 15.0 Å². The fourth-order valence-corrected chi connectivity index (χ4v) is 3.18. The van der Waals surface area contributed by atoms with E-state index in [2.05, 4.69) is 17.1 Å². The number of piperidine rings is 1. The number of para-hydroxylation sites is 1. The molecule has 1 saturated heterocycles. The van der Waals surface area contributed by atoms with Gasteiger partial charge in [0.25, 0.3) is 5.91 Å². The lowest BCUT2D eigenvalue weighted by molar-refractivity contribution is 0.0532. The van der Waals surface area contributed by atoms with Gasteiger partial charge in [-0.15, -0.1) is 0 Å². The zero-order valence-electron chi connectivity index (χ0n) is 12.7. The number of nitrogens with two attached hydrogens (primary N) is 1. The van der Waals surface area contributed by atoms with Crippen molar-refractivity contribution in [2.75, 3.05) is 13.1 Å². The minimum absolute atomic E-state index is 0.00917. The summed E-state index contributed by atoms with van der Waals surface area (Å²) in [6.45, 7) is 3.42. The number of aromatic nitrogens is 3. The minimum Gasteiger partial charge on any atom is -0.334 e. The Labute approximate surface area is 129 Å². The number of likely N-dealkylation sites (tertiary alicyclic amines) is 1. The molecule has 0 unspecified atom stereocenters. The van der Waals surface area contributed by atoms with Gasteiger partial charge in [0.15, 0.2) is 0 Å². The highest BCUT2D eigenvalue weighted by Crippen LogP contribution is 2.25. The quantitative estimate of drug-likeness (QED) is 0.931. The first-order valence-corrected chi connectivity index (χ1v) is 7.69. The molecule has 2 atom stereocenters. The molecule has 1 aliphatic rings. The summed E-state index contributed by atoms with van der Waals surface area (Å²) < 4.78 is 0. The van der Waals surface area contributed by atoms with Crippen molar-refractivity contribution in [3.63, 3.8) is 0 Å². The van der Waals surface area contributed by atoms with Crippen LogP contribution in [0.15, 0.2) is 36.7 Å². The van der Waals surface area contributed by atoms with Crippen LogP contribution in [0.5, 0.6) is 0 Å². The molecule has 1 aliphatic heterocycles. The topological polar surface area (TPSA) is 77.0 Å². The van der Waals surface area contributed by atoms with Crippen LogP contribution < -0.4 is 5.73 Å². The van der Waals surface area contributed by atoms with Gasteiger partial charge in [-0.05, 0) is 30.9 Å². The molecular formula is C16H21N5O. The fraction of sp³-hybridized carbons (Fsp3) is 0.438. The second-order valence-corrected chi connectivity index (χ2v) is 5.76. The number of rotatable bonds is 3. The van der Waals surface area contributed by atoms with Crippen molar-refractivity contribution in [2.24, 2.45) is 11.7 Å². The van der Waals surface area contributed by atoms with Crippen molar-refractivity contribution >= 4 is 5.91 Å². The Hall–Kier alpha value is -2.21. The second kappa shape index (κ2) is 6.27. The Bertz CT molecular complexity index is 640. The summed E-state index contributed by atoms with van der Waals surface area (Å²) in [5.74, 6) is 0.438. The highest BCUT2D eigenvalue weighted by molar-refractivity contribution is 5.98. The first-order chi connectivity index (χ1) is 10.7. The van der Waals surface area contributed by atoms with Crippen molar-refractivity contribution in [2.45, 2.75) is 25.8 Å². The molecule has 6 heteroatoms. The van der Waals surface area contributed by atoms with Crippen LogP contribution in [0.2, 0.25) is 0 Å². The van der Waals surface area contributed by atoms with E-state index in [4.69, 9.17) is 5.73 Å². The van der Waals surface area contributed by atoms with E-state index < -0.39 is 0 Å². The normalized spacial score (nSPS) is 21.8. The largest absolute Gasteiger partial charge is 0.334 e. The van der Waals surface area contributed by atoms with Gasteiger partial charge < -0.3 is 10.6 Å². The average molecular weight is 299 g/mol. The van der Waals surface area contributed by atoms with Gasteiger partial charge in [-0.25, -0.2) is 0 Å². The van der Waals surface area contributed by atoms with Crippen LogP contribution in [0.1, 0.15) is 30.1 Å². The first kappa shape index (κ1) is 14.7. The van der Waals surface area contributed by atoms with E-state index in [0.717, 1.165) is 19.4 Å². The van der Waals surface area contributed by atoms with E-state index in [1.807, 2.05) is 29.2 Å². The molecule has 2 aromatic rings. The average Bonchev–Trinajstić information content (AvgIpc) is 3.08. The molecule has 1 fully saturated rings. The number of hydrogen-bond acceptors (Lipinski definition) is 4. The van der Waals surface area contributed by atoms with Gasteiger partial charge in [0, 0.05) is 19.1 Å². The molecule has 2 heterocycles. The van der Waals surface area contributed by atoms with Crippen LogP contribution in [0, 0.1) is 5.92 Å². The molecular weight excluding hydrogens is 278 g/mol. The summed E-state index contributed by atoms with van der Waals surface area (Å²) in [6.07, 6.45) is 5.35. The molecule has 116 valence electrons. The Morgan fingerprint density at radius 1 is 1.32 bits per heavy atom. The highest BCUT2D eigenvalue weighted by atomic mass is 16.2. The smallest absolute Gasteiger partial charge is 0.256 e. The number of amides is 1. The molecule has 0 bridgehead atoms. The summed E-state index contributed by atoms with van der Waals surface area (Å²) in [7, 11) is 0. The van der Waals surface area contributed by atoms with Crippen molar-refractivity contribution < 1.29 is 4.79 Å². The number of carbonyl (C=O) groups is 1. The van der Waals surface area contributed by atoms with Crippen LogP contribution in [-0.4, -0.2) is 44.9 Å². The van der Waals surface area contributed by atoms with Gasteiger partial charge >= 0.3 is 0 Å². The maximum Gasteiger partial charge on any atom is 0.256 e. The van der Waals surface area contributed by atoms with Crippen LogP contribution in [0.25, 0.3) is 5.69 Å². The molecule has 0 aliphatic carbocycles. The molecule has 3 rings (SSSR count). The van der Waals surface area contributed by atoms with E-state index in [1.54, 1.807) is 12.4 Å². The number of nitrogens with zero attached hydrogens (tertiary/aromatic N) is 4. The molecule has 0 saturated carbocycles. The van der Waals surface area contributed by atoms with E-state index in [9.17, 15) is 4.79 Å². The van der Waals surface area contributed by atoms with Crippen LogP contribution in [-0.2, 0) is 0 Å². The van der Waals surface area contributed by atoms with E-state index in [-0.39, 0.29) is 11.9 Å². The fourth-order valence-electron chi connectivity index (χ4n) is 3.18. The van der Waals surface area contributed by atoms with Crippen molar-refractivity contribution in [3.8, 4) is 5.69 Å². The third-order valence-electron chi connectivity index (χ3n) is 4.39. The predicted octanol–water partition coefficient (Wildman–Crippen LogP) is 1.47. The third-order valence-corrected chi connectivity index (χ3v) is 4.39. The van der Waals surface area contributed by atoms with Gasteiger partial charge in [-0.3, -0.25) is 4.79 Å². The summed E-state index contributed by atoms with van der Waals surface area (Å²) in [5, 5.41) is 8.28. The first-order valence-electron chi connectivity index (χ1n) is 7.69. The zero-order valence-corrected chi connectivity index (χ0v) is 12.7. The Morgan fingerprint density at radius 2 is 2.05 bits per heavy atom. The van der Waals surface area contributed by atoms with E-state index in [1.165, 1.54) is 4.80 Å². The van der Waals surface area contributed by atoms with Crippen molar-refractivity contribution in [3.05, 3.63) is 42.2 Å². The van der Waals surface area contributed by atoms with Crippen molar-refractivity contribution in [1.29, 1.82) is 0 Å². The maximum atomic E-state index is 13.0. The standard InChI is InChI=1S/C16H21N5O/c1-12-5-4-10-20(15(12)11-17)16(22)13-6-2-3-7-14(13)21-18-8-9-19-21/h2-3,6-9,12,15H,4-5,10-11,17H2,1H3/t12-,15-/m1/s1. The highest BCUT2D eigenvalue weighted by Gasteiger charge is 2.32. The summed E-state index contributed by atoms with van der Waals surface area (Å²) in [5.41, 5.74) is 7.23. The Balaban J connectivity index is 1.95. The zero-order chi connectivity index (χ0) is 15.5. The van der Waals surface area contributed by atoms with Gasteiger partial charge in [0.2, 0.25) is 0 Å². The lowest BCUT2D eigenvalue weighted by Crippen LogP contribution is -2.51. The lowest BCUT2D eigenvalue weighted by Gasteiger charge is -2.39. The monoisotopic (exact) mass is 299 g/mol. The van der Waals surface area contributed by atoms with Crippen LogP contribution in [0.4, 0.5) is 0 Å². The molecule has 6 nitrogen and oxygen atoms in total. The van der Waals surface area contributed by atoms with E-state index in [0.29, 0.717) is 23.7 Å². The van der Waals surface area contributed by atoms with Crippen LogP contribution in [0.3, 0.4) is 0 Å². The molecule has 1 aromatic carbocycles. The molecule has 0 radical (unpaired) electrons. The van der Waals surface area contributed by atoms with Gasteiger partial charge in [0.05, 0.1) is 23.6 Å². The molecule has 1 amide bonds. The number of hydrogen-bond donors (Lipinski definition) is 1. The maximum absolute atomic E-state index is 13.0. The number of carbonyl (C=O) groups excluding carboxylic acids is 1. The lowest BCUT2D eigenvalue weighted by atomic mass is 9.90. The SMILES string of the molecule is C[C@@H]1CCCN(C(=O)c2ccccc2-n2nccn2)[C@@H]1CN. The Kier molecular flexibility index (Phi) is 4.20. The second-order valence-electron chi connectivity index (χ2n) is 5.76. The third kappa shape index (κ3) is 2.62. The molecule has 2 N–H and O–H groups in total. The van der Waals surface area contributed by atoms with E-state index >= 15 is 0 Å². The van der Waals surface area contributed by atoms with Gasteiger partial charge in [0.1, 0.15) is 0 Å².